The molecule has 0 N–H and O–H groups in total. The van der Waals surface area contributed by atoms with Gasteiger partial charge in [0.1, 0.15) is 5.58 Å². The Balaban J connectivity index is 0.000000116. The van der Waals surface area contributed by atoms with E-state index in [0.29, 0.717) is 46.5 Å². The molecule has 6 aromatic heterocycles. The minimum Gasteiger partial charge on any atom is -0.453 e. The summed E-state index contributed by atoms with van der Waals surface area (Å²) in [5.41, 5.74) is 29.1. The highest BCUT2D eigenvalue weighted by Gasteiger charge is 2.47. The van der Waals surface area contributed by atoms with Gasteiger partial charge in [-0.05, 0) is 148 Å². The molecular weight excluding hydrogens is 1690 g/mol. The van der Waals surface area contributed by atoms with Gasteiger partial charge < -0.3 is 4.42 Å². The Labute approximate surface area is 796 Å². The van der Waals surface area contributed by atoms with E-state index in [1.54, 1.807) is 11.3 Å². The summed E-state index contributed by atoms with van der Waals surface area (Å²) in [6.45, 7) is 0. The minimum absolute atomic E-state index is 0.505. The Kier molecular flexibility index (Phi) is 22.6. The molecule has 25 rings (SSSR count). The van der Waals surface area contributed by atoms with Crippen molar-refractivity contribution in [1.29, 1.82) is 0 Å². The minimum atomic E-state index is -0.505. The molecule has 0 saturated carbocycles. The van der Waals surface area contributed by atoms with E-state index in [1.807, 2.05) is 65.9 Å². The van der Waals surface area contributed by atoms with Crippen LogP contribution in [0.3, 0.4) is 0 Å². The molecule has 1 aliphatic rings. The molecule has 0 atom stereocenters. The molecule has 0 amide bonds. The standard InChI is InChI=1S/C49H32N2O.C41H27N3S.C35H23N3S/c1-4-15-33(16-5-1)34-27-29-35(30-28-34)43-32-44(51-48(50-43)46-31-36-17-10-13-26-45(36)52-46)40-23-14-25-42-47(40)39-22-11-12-24-41(39)49(42,37-18-6-2-7-19-37)38-20-8-3-9-21-38;1-3-9-28(10-4-1)30-15-21-33(22-16-30)39-42-40(34-23-17-31(18-24-34)29-11-5-2-6-12-29)44-41(43-39)35-25-19-32(20-26-35)38-27-36-13-7-8-14-37(36)45-38;1-3-9-24(10-4-1)26-15-19-28(20-16-26)33-36-34(29-21-17-27(18-22-29)25-11-5-2-6-12-25)38-35(37-33)32-23-30-13-7-8-14-31(30)39-32/h1-32H;1-27H;1-23H. The van der Waals surface area contributed by atoms with E-state index in [0.717, 1.165) is 94.0 Å². The van der Waals surface area contributed by atoms with Crippen molar-refractivity contribution in [3.05, 3.63) is 520 Å². The fourth-order valence-corrected chi connectivity index (χ4v) is 20.4. The normalized spacial score (nSPS) is 11.7. The second kappa shape index (κ2) is 37.1. The number of benzene rings is 18. The lowest BCUT2D eigenvalue weighted by Gasteiger charge is -2.33. The van der Waals surface area contributed by atoms with Crippen molar-refractivity contribution in [3.8, 4) is 179 Å². The van der Waals surface area contributed by atoms with Crippen molar-refractivity contribution < 1.29 is 4.42 Å². The van der Waals surface area contributed by atoms with Gasteiger partial charge in [-0.25, -0.2) is 39.9 Å². The monoisotopic (exact) mass is 1770 g/mol. The zero-order valence-corrected chi connectivity index (χ0v) is 75.3. The number of rotatable bonds is 17. The number of hydrogen-bond donors (Lipinski definition) is 0. The molecule has 6 heterocycles. The lowest BCUT2D eigenvalue weighted by Crippen LogP contribution is -2.28. The van der Waals surface area contributed by atoms with Crippen molar-refractivity contribution in [1.82, 2.24) is 39.9 Å². The molecule has 136 heavy (non-hydrogen) atoms. The summed E-state index contributed by atoms with van der Waals surface area (Å²) in [5, 5.41) is 3.48. The third-order valence-corrected chi connectivity index (χ3v) is 27.5. The van der Waals surface area contributed by atoms with Crippen LogP contribution in [0.4, 0.5) is 0 Å². The molecule has 1 aliphatic carbocycles. The Hall–Kier alpha value is -17.5. The van der Waals surface area contributed by atoms with Gasteiger partial charge in [0, 0.05) is 58.6 Å². The number of nitrogens with zero attached hydrogens (tertiary/aromatic N) is 8. The van der Waals surface area contributed by atoms with Gasteiger partial charge in [-0.15, -0.1) is 22.7 Å². The van der Waals surface area contributed by atoms with Crippen LogP contribution in [0.2, 0.25) is 0 Å². The maximum Gasteiger partial charge on any atom is 0.196 e. The fourth-order valence-electron chi connectivity index (χ4n) is 18.4. The number of furan rings is 1. The molecule has 18 aromatic carbocycles. The van der Waals surface area contributed by atoms with E-state index >= 15 is 0 Å². The molecule has 0 spiro atoms. The van der Waals surface area contributed by atoms with Crippen LogP contribution in [-0.4, -0.2) is 39.9 Å². The summed E-state index contributed by atoms with van der Waals surface area (Å²) in [4.78, 5) is 42.5. The molecule has 0 saturated heterocycles. The molecule has 640 valence electrons. The van der Waals surface area contributed by atoms with Crippen molar-refractivity contribution in [2.75, 3.05) is 0 Å². The first-order chi connectivity index (χ1) is 67.3. The lowest BCUT2D eigenvalue weighted by molar-refractivity contribution is 0.625. The van der Waals surface area contributed by atoms with Crippen molar-refractivity contribution in [2.24, 2.45) is 0 Å². The van der Waals surface area contributed by atoms with Crippen molar-refractivity contribution >= 4 is 53.8 Å². The maximum atomic E-state index is 6.39. The number of fused-ring (bicyclic) bond motifs is 6. The highest BCUT2D eigenvalue weighted by atomic mass is 32.1. The highest BCUT2D eigenvalue weighted by molar-refractivity contribution is 7.22. The lowest BCUT2D eigenvalue weighted by atomic mass is 9.67. The van der Waals surface area contributed by atoms with Gasteiger partial charge in [-0.1, -0.05) is 455 Å². The molecule has 11 heteroatoms. The Morgan fingerprint density at radius 2 is 0.485 bits per heavy atom. The summed E-state index contributed by atoms with van der Waals surface area (Å²) < 4.78 is 8.90. The van der Waals surface area contributed by atoms with Gasteiger partial charge in [-0.2, -0.15) is 0 Å². The average Bonchev–Trinajstić information content (AvgIpc) is 1.53. The van der Waals surface area contributed by atoms with Crippen LogP contribution >= 0.6 is 22.7 Å². The van der Waals surface area contributed by atoms with E-state index in [4.69, 9.17) is 44.3 Å². The topological polar surface area (TPSA) is 116 Å². The van der Waals surface area contributed by atoms with Crippen molar-refractivity contribution in [2.45, 2.75) is 5.41 Å². The summed E-state index contributed by atoms with van der Waals surface area (Å²) >= 11 is 3.51. The summed E-state index contributed by atoms with van der Waals surface area (Å²) in [6.07, 6.45) is 0. The summed E-state index contributed by atoms with van der Waals surface area (Å²) in [7, 11) is 0. The Bertz CT molecular complexity index is 8040. The van der Waals surface area contributed by atoms with Gasteiger partial charge in [0.05, 0.1) is 21.7 Å². The molecule has 0 radical (unpaired) electrons. The molecule has 9 nitrogen and oxygen atoms in total. The van der Waals surface area contributed by atoms with Gasteiger partial charge in [-0.3, -0.25) is 0 Å². The first-order valence-electron chi connectivity index (χ1n) is 45.5. The average molecular weight is 1780 g/mol. The smallest absolute Gasteiger partial charge is 0.196 e. The maximum absolute atomic E-state index is 6.39. The first-order valence-corrected chi connectivity index (χ1v) is 47.1. The second-order valence-electron chi connectivity index (χ2n) is 33.6. The van der Waals surface area contributed by atoms with Crippen LogP contribution in [0.1, 0.15) is 22.3 Å². The van der Waals surface area contributed by atoms with E-state index in [-0.39, 0.29) is 0 Å². The van der Waals surface area contributed by atoms with Gasteiger partial charge >= 0.3 is 0 Å². The molecule has 0 fully saturated rings. The van der Waals surface area contributed by atoms with Crippen molar-refractivity contribution in [3.63, 3.8) is 0 Å². The summed E-state index contributed by atoms with van der Waals surface area (Å²) in [5.74, 6) is 5.16. The van der Waals surface area contributed by atoms with E-state index < -0.39 is 5.41 Å². The van der Waals surface area contributed by atoms with E-state index in [1.165, 1.54) is 91.8 Å². The Morgan fingerprint density at radius 1 is 0.184 bits per heavy atom. The number of hydrogen-bond acceptors (Lipinski definition) is 11. The molecule has 0 bridgehead atoms. The molecule has 0 aliphatic heterocycles. The van der Waals surface area contributed by atoms with Crippen LogP contribution in [0, 0.1) is 0 Å². The number of para-hydroxylation sites is 1. The van der Waals surface area contributed by atoms with Crippen LogP contribution in [0.5, 0.6) is 0 Å². The summed E-state index contributed by atoms with van der Waals surface area (Å²) in [6, 6.07) is 174. The molecule has 0 unspecified atom stereocenters. The van der Waals surface area contributed by atoms with Crippen LogP contribution in [0.25, 0.3) is 210 Å². The third kappa shape index (κ3) is 16.8. The second-order valence-corrected chi connectivity index (χ2v) is 35.7. The number of thiophene rings is 2. The Morgan fingerprint density at radius 3 is 0.897 bits per heavy atom. The fraction of sp³-hybridized carbons (Fsp3) is 0.00800. The van der Waals surface area contributed by atoms with Crippen LogP contribution in [-0.2, 0) is 5.41 Å². The number of aromatic nitrogens is 8. The largest absolute Gasteiger partial charge is 0.453 e. The third-order valence-electron chi connectivity index (χ3n) is 25.2. The molecule has 24 aromatic rings. The first kappa shape index (κ1) is 82.9. The zero-order valence-electron chi connectivity index (χ0n) is 73.6. The van der Waals surface area contributed by atoms with Gasteiger partial charge in [0.2, 0.25) is 0 Å². The SMILES string of the molecule is c1ccc(-c2ccc(-c3cc(-c4cccc5c4-c4ccccc4C5(c4ccccc4)c4ccccc4)nc(-c4cc5ccccc5o4)n3)cc2)cc1.c1ccc(-c2ccc(-c3nc(-c4ccc(-c5ccccc5)cc4)nc(-c4cc5ccccc5s4)n3)cc2)cc1.c1ccc(-c2ccc(-c3nc(-c4ccc(-c5ccccc5)cc4)nc(-c4ccc(-c5cc6ccccc6s5)cc4)n3)cc2)cc1. The van der Waals surface area contributed by atoms with Crippen LogP contribution in [0.15, 0.2) is 502 Å². The predicted octanol–water partition coefficient (Wildman–Crippen LogP) is 32.8. The van der Waals surface area contributed by atoms with Gasteiger partial charge in [0.15, 0.2) is 46.5 Å². The predicted molar refractivity (Wildman–Crippen MR) is 561 cm³/mol. The van der Waals surface area contributed by atoms with Crippen LogP contribution < -0.4 is 0 Å². The quantitative estimate of drug-likeness (QED) is 0.0878. The highest BCUT2D eigenvalue weighted by Crippen LogP contribution is 2.58. The van der Waals surface area contributed by atoms with E-state index in [2.05, 4.69) is 443 Å². The van der Waals surface area contributed by atoms with Gasteiger partial charge in [0.25, 0.3) is 0 Å². The molecular formula is C125H82N8OS2. The van der Waals surface area contributed by atoms with E-state index in [9.17, 15) is 0 Å². The zero-order chi connectivity index (χ0) is 90.5.